The molecule has 0 aromatic carbocycles. The molecule has 0 spiro atoms. The lowest BCUT2D eigenvalue weighted by Crippen LogP contribution is -2.32. The zero-order valence-corrected chi connectivity index (χ0v) is 14.3. The first-order valence-corrected chi connectivity index (χ1v) is 9.59. The lowest BCUT2D eigenvalue weighted by molar-refractivity contribution is 0.552. The number of rotatable bonds is 4. The van der Waals surface area contributed by atoms with Gasteiger partial charge in [0.2, 0.25) is 16.0 Å². The van der Waals surface area contributed by atoms with Crippen LogP contribution in [0.4, 0.5) is 5.95 Å². The van der Waals surface area contributed by atoms with Crippen molar-refractivity contribution >= 4 is 21.6 Å². The SMILES string of the molecule is Nc1nc2ccc(-c3cncc(S(=O)(=O)NC4CCCC4)c3)cn2n1. The first-order valence-electron chi connectivity index (χ1n) is 8.11. The molecule has 1 aliphatic carbocycles. The molecule has 0 radical (unpaired) electrons. The third-order valence-corrected chi connectivity index (χ3v) is 5.87. The molecule has 8 nitrogen and oxygen atoms in total. The molecular weight excluding hydrogens is 340 g/mol. The minimum Gasteiger partial charge on any atom is -0.366 e. The van der Waals surface area contributed by atoms with Crippen molar-refractivity contribution in [3.63, 3.8) is 0 Å². The molecule has 0 amide bonds. The van der Waals surface area contributed by atoms with Crippen LogP contribution in [0.25, 0.3) is 16.8 Å². The van der Waals surface area contributed by atoms with E-state index >= 15 is 0 Å². The number of pyridine rings is 2. The van der Waals surface area contributed by atoms with Crippen molar-refractivity contribution in [2.24, 2.45) is 0 Å². The standard InChI is InChI=1S/C16H18N6O2S/c17-16-19-15-6-5-11(10-22(15)20-16)12-7-14(9-18-8-12)25(23,24)21-13-3-1-2-4-13/h5-10,13,21H,1-4H2,(H2,17,20). The van der Waals surface area contributed by atoms with Crippen LogP contribution in [0.5, 0.6) is 0 Å². The summed E-state index contributed by atoms with van der Waals surface area (Å²) in [5.74, 6) is 0.187. The van der Waals surface area contributed by atoms with E-state index in [1.165, 1.54) is 6.20 Å². The van der Waals surface area contributed by atoms with E-state index < -0.39 is 10.0 Å². The number of anilines is 1. The van der Waals surface area contributed by atoms with Crippen LogP contribution in [0.15, 0.2) is 41.7 Å². The van der Waals surface area contributed by atoms with Gasteiger partial charge in [0.05, 0.1) is 0 Å². The molecule has 9 heteroatoms. The van der Waals surface area contributed by atoms with Crippen molar-refractivity contribution in [2.75, 3.05) is 5.73 Å². The van der Waals surface area contributed by atoms with Crippen LogP contribution < -0.4 is 10.5 Å². The van der Waals surface area contributed by atoms with Crippen molar-refractivity contribution in [3.8, 4) is 11.1 Å². The van der Waals surface area contributed by atoms with Gasteiger partial charge in [0, 0.05) is 35.8 Å². The predicted octanol–water partition coefficient (Wildman–Crippen LogP) is 1.59. The molecule has 0 saturated heterocycles. The Bertz CT molecular complexity index is 1020. The second kappa shape index (κ2) is 6.08. The summed E-state index contributed by atoms with van der Waals surface area (Å²) in [5.41, 5.74) is 7.69. The highest BCUT2D eigenvalue weighted by atomic mass is 32.2. The minimum atomic E-state index is -3.58. The molecule has 130 valence electrons. The Labute approximate surface area is 145 Å². The topological polar surface area (TPSA) is 115 Å². The second-order valence-electron chi connectivity index (χ2n) is 6.20. The van der Waals surface area contributed by atoms with Crippen LogP contribution in [0.1, 0.15) is 25.7 Å². The van der Waals surface area contributed by atoms with Gasteiger partial charge in [0.15, 0.2) is 5.65 Å². The number of aromatic nitrogens is 4. The molecule has 3 N–H and O–H groups in total. The highest BCUT2D eigenvalue weighted by Gasteiger charge is 2.23. The number of nitrogens with two attached hydrogens (primary N) is 1. The summed E-state index contributed by atoms with van der Waals surface area (Å²) in [6, 6.07) is 5.24. The second-order valence-corrected chi connectivity index (χ2v) is 7.92. The van der Waals surface area contributed by atoms with Crippen LogP contribution in [0.3, 0.4) is 0 Å². The molecule has 0 aliphatic heterocycles. The highest BCUT2D eigenvalue weighted by molar-refractivity contribution is 7.89. The van der Waals surface area contributed by atoms with Gasteiger partial charge in [-0.05, 0) is 31.0 Å². The summed E-state index contributed by atoms with van der Waals surface area (Å²) >= 11 is 0. The Morgan fingerprint density at radius 3 is 2.76 bits per heavy atom. The zero-order valence-electron chi connectivity index (χ0n) is 13.5. The van der Waals surface area contributed by atoms with E-state index in [-0.39, 0.29) is 16.9 Å². The summed E-state index contributed by atoms with van der Waals surface area (Å²) < 4.78 is 29.5. The largest absolute Gasteiger partial charge is 0.366 e. The number of hydrogen-bond acceptors (Lipinski definition) is 6. The van der Waals surface area contributed by atoms with Crippen LogP contribution in [0.2, 0.25) is 0 Å². The zero-order chi connectivity index (χ0) is 17.4. The van der Waals surface area contributed by atoms with Crippen LogP contribution >= 0.6 is 0 Å². The van der Waals surface area contributed by atoms with Gasteiger partial charge in [-0.25, -0.2) is 17.7 Å². The Morgan fingerprint density at radius 2 is 1.96 bits per heavy atom. The van der Waals surface area contributed by atoms with Gasteiger partial charge in [-0.3, -0.25) is 4.98 Å². The fourth-order valence-electron chi connectivity index (χ4n) is 3.13. The van der Waals surface area contributed by atoms with Crippen molar-refractivity contribution in [2.45, 2.75) is 36.6 Å². The Hall–Kier alpha value is -2.52. The quantitative estimate of drug-likeness (QED) is 0.732. The fraction of sp³-hybridized carbons (Fsp3) is 0.312. The van der Waals surface area contributed by atoms with Crippen LogP contribution in [-0.4, -0.2) is 34.0 Å². The molecule has 0 unspecified atom stereocenters. The molecule has 3 aromatic rings. The molecular formula is C16H18N6O2S. The average Bonchev–Trinajstić information content (AvgIpc) is 3.22. The van der Waals surface area contributed by atoms with Gasteiger partial charge in [-0.1, -0.05) is 12.8 Å². The van der Waals surface area contributed by atoms with E-state index in [4.69, 9.17) is 5.73 Å². The maximum absolute atomic E-state index is 12.6. The summed E-state index contributed by atoms with van der Waals surface area (Å²) in [6.45, 7) is 0. The Kier molecular flexibility index (Phi) is 3.89. The average molecular weight is 358 g/mol. The van der Waals surface area contributed by atoms with E-state index in [9.17, 15) is 8.42 Å². The molecule has 1 fully saturated rings. The molecule has 1 saturated carbocycles. The number of nitrogen functional groups attached to an aromatic ring is 1. The van der Waals surface area contributed by atoms with E-state index in [0.29, 0.717) is 11.2 Å². The Balaban J connectivity index is 1.67. The maximum Gasteiger partial charge on any atom is 0.242 e. The molecule has 0 bridgehead atoms. The number of nitrogens with zero attached hydrogens (tertiary/aromatic N) is 4. The summed E-state index contributed by atoms with van der Waals surface area (Å²) in [4.78, 5) is 8.33. The van der Waals surface area contributed by atoms with E-state index in [1.807, 2.05) is 6.07 Å². The Morgan fingerprint density at radius 1 is 1.16 bits per heavy atom. The van der Waals surface area contributed by atoms with Gasteiger partial charge in [-0.15, -0.1) is 5.10 Å². The van der Waals surface area contributed by atoms with Crippen LogP contribution in [-0.2, 0) is 10.0 Å². The fourth-order valence-corrected chi connectivity index (χ4v) is 4.42. The predicted molar refractivity (Wildman–Crippen MR) is 93.2 cm³/mol. The third-order valence-electron chi connectivity index (χ3n) is 4.38. The van der Waals surface area contributed by atoms with E-state index in [2.05, 4.69) is 19.8 Å². The molecule has 0 atom stereocenters. The first kappa shape index (κ1) is 16.0. The molecule has 25 heavy (non-hydrogen) atoms. The number of fused-ring (bicyclic) bond motifs is 1. The summed E-state index contributed by atoms with van der Waals surface area (Å²) in [6.07, 6.45) is 8.63. The van der Waals surface area contributed by atoms with E-state index in [1.54, 1.807) is 29.0 Å². The lowest BCUT2D eigenvalue weighted by atomic mass is 10.1. The van der Waals surface area contributed by atoms with Crippen molar-refractivity contribution < 1.29 is 8.42 Å². The lowest BCUT2D eigenvalue weighted by Gasteiger charge is -2.13. The van der Waals surface area contributed by atoms with Crippen LogP contribution in [0, 0.1) is 0 Å². The van der Waals surface area contributed by atoms with Gasteiger partial charge < -0.3 is 5.73 Å². The number of nitrogens with one attached hydrogen (secondary N) is 1. The molecule has 1 aliphatic rings. The normalized spacial score (nSPS) is 15.8. The number of sulfonamides is 1. The molecule has 3 heterocycles. The minimum absolute atomic E-state index is 0.0168. The monoisotopic (exact) mass is 358 g/mol. The summed E-state index contributed by atoms with van der Waals surface area (Å²) in [7, 11) is -3.58. The third kappa shape index (κ3) is 3.20. The van der Waals surface area contributed by atoms with Gasteiger partial charge >= 0.3 is 0 Å². The first-order chi connectivity index (χ1) is 12.0. The molecule has 3 aromatic heterocycles. The van der Waals surface area contributed by atoms with Crippen molar-refractivity contribution in [1.29, 1.82) is 0 Å². The van der Waals surface area contributed by atoms with Gasteiger partial charge in [-0.2, -0.15) is 4.98 Å². The highest BCUT2D eigenvalue weighted by Crippen LogP contribution is 2.24. The van der Waals surface area contributed by atoms with Gasteiger partial charge in [0.1, 0.15) is 4.90 Å². The van der Waals surface area contributed by atoms with Gasteiger partial charge in [0.25, 0.3) is 0 Å². The number of hydrogen-bond donors (Lipinski definition) is 2. The van der Waals surface area contributed by atoms with E-state index in [0.717, 1.165) is 31.2 Å². The van der Waals surface area contributed by atoms with Crippen molar-refractivity contribution in [3.05, 3.63) is 36.8 Å². The smallest absolute Gasteiger partial charge is 0.242 e. The van der Waals surface area contributed by atoms with Crippen molar-refractivity contribution in [1.82, 2.24) is 24.3 Å². The molecule has 4 rings (SSSR count). The maximum atomic E-state index is 12.6. The summed E-state index contributed by atoms with van der Waals surface area (Å²) in [5, 5.41) is 4.07.